The van der Waals surface area contributed by atoms with E-state index in [0.717, 1.165) is 36.1 Å². The van der Waals surface area contributed by atoms with Crippen LogP contribution >= 0.6 is 0 Å². The summed E-state index contributed by atoms with van der Waals surface area (Å²) >= 11 is 0. The molecule has 1 saturated carbocycles. The Kier molecular flexibility index (Phi) is 4.77. The predicted octanol–water partition coefficient (Wildman–Crippen LogP) is 2.27. The van der Waals surface area contributed by atoms with Gasteiger partial charge in [0.25, 0.3) is 11.8 Å². The summed E-state index contributed by atoms with van der Waals surface area (Å²) in [4.78, 5) is 50.0. The molecule has 0 bridgehead atoms. The highest BCUT2D eigenvalue weighted by molar-refractivity contribution is 6.19. The second kappa shape index (κ2) is 7.61. The number of carbonyl (C=O) groups excluding carboxylic acids is 3. The molecule has 0 spiro atoms. The van der Waals surface area contributed by atoms with E-state index in [2.05, 4.69) is 15.3 Å². The highest BCUT2D eigenvalue weighted by Gasteiger charge is 2.48. The lowest BCUT2D eigenvalue weighted by Crippen LogP contribution is -2.40. The van der Waals surface area contributed by atoms with E-state index in [1.165, 1.54) is 4.90 Å². The topological polar surface area (TPSA) is 95.5 Å². The fourth-order valence-corrected chi connectivity index (χ4v) is 4.33. The Morgan fingerprint density at radius 3 is 2.74 bits per heavy atom. The van der Waals surface area contributed by atoms with E-state index in [9.17, 15) is 14.4 Å². The molecule has 1 aliphatic carbocycles. The Morgan fingerprint density at radius 1 is 1.19 bits per heavy atom. The average Bonchev–Trinajstić information content (AvgIpc) is 3.55. The van der Waals surface area contributed by atoms with Crippen molar-refractivity contribution in [2.45, 2.75) is 38.6 Å². The minimum atomic E-state index is -0.264. The Bertz CT molecular complexity index is 1110. The molecule has 1 N–H and O–H groups in total. The van der Waals surface area contributed by atoms with Crippen LogP contribution in [0.5, 0.6) is 0 Å². The minimum absolute atomic E-state index is 0.0153. The Balaban J connectivity index is 1.29. The van der Waals surface area contributed by atoms with Crippen molar-refractivity contribution in [2.75, 3.05) is 18.4 Å². The van der Waals surface area contributed by atoms with Gasteiger partial charge in [-0.3, -0.25) is 24.3 Å². The zero-order chi connectivity index (χ0) is 21.5. The van der Waals surface area contributed by atoms with Crippen LogP contribution in [0.15, 0.2) is 47.9 Å². The molecule has 31 heavy (non-hydrogen) atoms. The summed E-state index contributed by atoms with van der Waals surface area (Å²) in [6.45, 7) is 2.48. The summed E-state index contributed by atoms with van der Waals surface area (Å²) in [6, 6.07) is 7.52. The number of pyridine rings is 2. The van der Waals surface area contributed by atoms with Crippen molar-refractivity contribution in [1.82, 2.24) is 19.8 Å². The number of hydrogen-bond donors (Lipinski definition) is 1. The number of hydrogen-bond acceptors (Lipinski definition) is 6. The number of amides is 3. The van der Waals surface area contributed by atoms with E-state index in [-0.39, 0.29) is 30.3 Å². The predicted molar refractivity (Wildman–Crippen MR) is 114 cm³/mol. The van der Waals surface area contributed by atoms with Crippen LogP contribution < -0.4 is 5.32 Å². The number of nitrogens with zero attached hydrogens (tertiary/aromatic N) is 4. The molecule has 8 heteroatoms. The number of aryl methyl sites for hydroxylation is 1. The van der Waals surface area contributed by atoms with E-state index in [0.29, 0.717) is 30.1 Å². The maximum absolute atomic E-state index is 12.9. The maximum atomic E-state index is 12.9. The van der Waals surface area contributed by atoms with E-state index >= 15 is 0 Å². The molecule has 0 saturated heterocycles. The standard InChI is InChI=1S/C23H23N5O3/c1-14-17(15-4-2-10-24-12-15)8-9-19(25-14)26-20(29)13-27-11-3-5-18-21(27)23(31)28(22(18)30)16-6-7-16/h2,4,8-10,12,16H,3,5-7,11,13H2,1H3,(H,25,26,29). The average molecular weight is 417 g/mol. The molecule has 0 radical (unpaired) electrons. The molecule has 0 unspecified atom stereocenters. The third-order valence-corrected chi connectivity index (χ3v) is 5.93. The molecule has 0 atom stereocenters. The molecular weight excluding hydrogens is 394 g/mol. The van der Waals surface area contributed by atoms with Crippen LogP contribution in [0.25, 0.3) is 11.1 Å². The highest BCUT2D eigenvalue weighted by atomic mass is 16.2. The summed E-state index contributed by atoms with van der Waals surface area (Å²) < 4.78 is 0. The summed E-state index contributed by atoms with van der Waals surface area (Å²) in [5.41, 5.74) is 3.67. The summed E-state index contributed by atoms with van der Waals surface area (Å²) in [5, 5.41) is 2.82. The van der Waals surface area contributed by atoms with Gasteiger partial charge in [-0.25, -0.2) is 4.98 Å². The Hall–Kier alpha value is -3.55. The van der Waals surface area contributed by atoms with Crippen LogP contribution in [0.3, 0.4) is 0 Å². The molecule has 2 aliphatic heterocycles. The lowest BCUT2D eigenvalue weighted by Gasteiger charge is -2.28. The number of rotatable bonds is 5. The van der Waals surface area contributed by atoms with Gasteiger partial charge in [0.2, 0.25) is 5.91 Å². The van der Waals surface area contributed by atoms with Gasteiger partial charge in [0, 0.05) is 47.4 Å². The Morgan fingerprint density at radius 2 is 2.03 bits per heavy atom. The zero-order valence-electron chi connectivity index (χ0n) is 17.3. The van der Waals surface area contributed by atoms with Gasteiger partial charge >= 0.3 is 0 Å². The van der Waals surface area contributed by atoms with Gasteiger partial charge in [0.1, 0.15) is 11.5 Å². The fourth-order valence-electron chi connectivity index (χ4n) is 4.33. The van der Waals surface area contributed by atoms with Gasteiger partial charge in [-0.05, 0) is 50.8 Å². The SMILES string of the molecule is Cc1nc(NC(=O)CN2CCCC3=C2C(=O)N(C2CC2)C3=O)ccc1-c1cccnc1. The van der Waals surface area contributed by atoms with E-state index in [1.54, 1.807) is 23.4 Å². The van der Waals surface area contributed by atoms with Crippen LogP contribution in [0.4, 0.5) is 5.82 Å². The first kappa shape index (κ1) is 19.4. The number of nitrogens with one attached hydrogen (secondary N) is 1. The second-order valence-electron chi connectivity index (χ2n) is 8.18. The first-order valence-electron chi connectivity index (χ1n) is 10.6. The Labute approximate surface area is 180 Å². The fraction of sp³-hybridized carbons (Fsp3) is 0.348. The second-order valence-corrected chi connectivity index (χ2v) is 8.18. The van der Waals surface area contributed by atoms with Crippen molar-refractivity contribution >= 4 is 23.5 Å². The molecule has 5 rings (SSSR count). The maximum Gasteiger partial charge on any atom is 0.277 e. The van der Waals surface area contributed by atoms with Gasteiger partial charge < -0.3 is 10.2 Å². The van der Waals surface area contributed by atoms with Crippen LogP contribution in [0, 0.1) is 6.92 Å². The zero-order valence-corrected chi connectivity index (χ0v) is 17.3. The third-order valence-electron chi connectivity index (χ3n) is 5.93. The smallest absolute Gasteiger partial charge is 0.277 e. The minimum Gasteiger partial charge on any atom is -0.357 e. The lowest BCUT2D eigenvalue weighted by molar-refractivity contribution is -0.138. The number of aromatic nitrogens is 2. The van der Waals surface area contributed by atoms with Gasteiger partial charge in [-0.2, -0.15) is 0 Å². The van der Waals surface area contributed by atoms with Crippen LogP contribution in [0.2, 0.25) is 0 Å². The van der Waals surface area contributed by atoms with Gasteiger partial charge in [0.15, 0.2) is 0 Å². The molecule has 2 aromatic heterocycles. The lowest BCUT2D eigenvalue weighted by atomic mass is 10.0. The molecule has 1 fully saturated rings. The van der Waals surface area contributed by atoms with Crippen molar-refractivity contribution in [3.63, 3.8) is 0 Å². The summed E-state index contributed by atoms with van der Waals surface area (Å²) in [5.74, 6) is -0.227. The molecule has 158 valence electrons. The molecule has 0 aromatic carbocycles. The molecule has 3 aliphatic rings. The van der Waals surface area contributed by atoms with E-state index in [1.807, 2.05) is 25.1 Å². The van der Waals surface area contributed by atoms with Gasteiger partial charge in [-0.1, -0.05) is 6.07 Å². The van der Waals surface area contributed by atoms with Gasteiger partial charge in [0.05, 0.1) is 6.54 Å². The molecule has 8 nitrogen and oxygen atoms in total. The first-order chi connectivity index (χ1) is 15.0. The van der Waals surface area contributed by atoms with Crippen molar-refractivity contribution in [2.24, 2.45) is 0 Å². The highest BCUT2D eigenvalue weighted by Crippen LogP contribution is 2.38. The quantitative estimate of drug-likeness (QED) is 0.750. The molecule has 2 aromatic rings. The van der Waals surface area contributed by atoms with Crippen molar-refractivity contribution < 1.29 is 14.4 Å². The third kappa shape index (κ3) is 3.58. The monoisotopic (exact) mass is 417 g/mol. The first-order valence-corrected chi connectivity index (χ1v) is 10.6. The van der Waals surface area contributed by atoms with Crippen LogP contribution in [-0.2, 0) is 14.4 Å². The van der Waals surface area contributed by atoms with Crippen molar-refractivity contribution in [3.05, 3.63) is 53.6 Å². The summed E-state index contributed by atoms with van der Waals surface area (Å²) in [6.07, 6.45) is 6.58. The molecule has 4 heterocycles. The number of anilines is 1. The van der Waals surface area contributed by atoms with Crippen molar-refractivity contribution in [3.8, 4) is 11.1 Å². The number of carbonyl (C=O) groups is 3. The number of imide groups is 1. The van der Waals surface area contributed by atoms with Crippen molar-refractivity contribution in [1.29, 1.82) is 0 Å². The largest absolute Gasteiger partial charge is 0.357 e. The molecular formula is C23H23N5O3. The normalized spacial score (nSPS) is 18.5. The van der Waals surface area contributed by atoms with Crippen LogP contribution in [0.1, 0.15) is 31.4 Å². The van der Waals surface area contributed by atoms with E-state index < -0.39 is 0 Å². The van der Waals surface area contributed by atoms with Crippen LogP contribution in [-0.4, -0.2) is 56.6 Å². The summed E-state index contributed by atoms with van der Waals surface area (Å²) in [7, 11) is 0. The molecule has 3 amide bonds. The van der Waals surface area contributed by atoms with Gasteiger partial charge in [-0.15, -0.1) is 0 Å². The van der Waals surface area contributed by atoms with E-state index in [4.69, 9.17) is 0 Å².